The number of anilines is 1. The summed E-state index contributed by atoms with van der Waals surface area (Å²) in [4.78, 5) is 16.0. The molecule has 2 aromatic carbocycles. The van der Waals surface area contributed by atoms with E-state index >= 15 is 0 Å². The average Bonchev–Trinajstić information content (AvgIpc) is 2.65. The van der Waals surface area contributed by atoms with Crippen LogP contribution >= 0.6 is 24.0 Å². The van der Waals surface area contributed by atoms with Gasteiger partial charge in [-0.1, -0.05) is 25.1 Å². The Morgan fingerprint density at radius 3 is 2.58 bits per heavy atom. The summed E-state index contributed by atoms with van der Waals surface area (Å²) in [6, 6.07) is 13.2. The lowest BCUT2D eigenvalue weighted by atomic mass is 10.1. The third-order valence-electron chi connectivity index (χ3n) is 3.71. The maximum Gasteiger partial charge on any atom is 0.341 e. The van der Waals surface area contributed by atoms with Crippen molar-refractivity contribution in [3.63, 3.8) is 0 Å². The van der Waals surface area contributed by atoms with E-state index in [1.165, 1.54) is 19.8 Å². The molecule has 0 aliphatic rings. The fraction of sp³-hybridized carbons (Fsp3) is 0.263. The SMILES string of the molecule is CCc1cccc(NC(N)=NCc2ccc(C(=O)OC)c(OC)c2)c1.I. The second-order valence-electron chi connectivity index (χ2n) is 5.41. The number of guanidine groups is 1. The van der Waals surface area contributed by atoms with Crippen molar-refractivity contribution in [1.82, 2.24) is 0 Å². The minimum Gasteiger partial charge on any atom is -0.496 e. The molecule has 0 atom stereocenters. The first-order valence-corrected chi connectivity index (χ1v) is 7.98. The van der Waals surface area contributed by atoms with Gasteiger partial charge in [0.2, 0.25) is 0 Å². The van der Waals surface area contributed by atoms with Gasteiger partial charge in [-0.3, -0.25) is 0 Å². The minimum atomic E-state index is -0.441. The molecule has 0 aliphatic carbocycles. The van der Waals surface area contributed by atoms with Gasteiger partial charge in [-0.2, -0.15) is 0 Å². The van der Waals surface area contributed by atoms with E-state index in [9.17, 15) is 4.79 Å². The second kappa shape index (κ2) is 10.6. The van der Waals surface area contributed by atoms with Crippen LogP contribution in [0.4, 0.5) is 5.69 Å². The van der Waals surface area contributed by atoms with Crippen LogP contribution in [0.5, 0.6) is 5.75 Å². The summed E-state index contributed by atoms with van der Waals surface area (Å²) in [5.74, 6) is 0.329. The number of carbonyl (C=O) groups is 1. The van der Waals surface area contributed by atoms with E-state index in [4.69, 9.17) is 15.2 Å². The van der Waals surface area contributed by atoms with Crippen LogP contribution in [-0.2, 0) is 17.7 Å². The molecule has 3 N–H and O–H groups in total. The van der Waals surface area contributed by atoms with Crippen LogP contribution in [-0.4, -0.2) is 26.1 Å². The molecule has 0 unspecified atom stereocenters. The second-order valence-corrected chi connectivity index (χ2v) is 5.41. The number of benzene rings is 2. The van der Waals surface area contributed by atoms with Crippen molar-refractivity contribution < 1.29 is 14.3 Å². The Kier molecular flexibility index (Phi) is 8.91. The lowest BCUT2D eigenvalue weighted by Gasteiger charge is -2.09. The van der Waals surface area contributed by atoms with Gasteiger partial charge >= 0.3 is 5.97 Å². The summed E-state index contributed by atoms with van der Waals surface area (Å²) in [5.41, 5.74) is 9.32. The van der Waals surface area contributed by atoms with E-state index in [0.29, 0.717) is 23.8 Å². The Hall–Kier alpha value is -2.29. The Morgan fingerprint density at radius 2 is 1.92 bits per heavy atom. The lowest BCUT2D eigenvalue weighted by Crippen LogP contribution is -2.22. The molecule has 0 bridgehead atoms. The van der Waals surface area contributed by atoms with Crippen LogP contribution in [0, 0.1) is 0 Å². The molecule has 0 radical (unpaired) electrons. The highest BCUT2D eigenvalue weighted by molar-refractivity contribution is 14.0. The number of nitrogens with one attached hydrogen (secondary N) is 1. The molecule has 7 heteroatoms. The third kappa shape index (κ3) is 5.91. The number of nitrogens with two attached hydrogens (primary N) is 1. The van der Waals surface area contributed by atoms with E-state index in [1.807, 2.05) is 18.2 Å². The van der Waals surface area contributed by atoms with Crippen molar-refractivity contribution in [3.05, 3.63) is 59.2 Å². The number of esters is 1. The van der Waals surface area contributed by atoms with Gasteiger partial charge in [-0.15, -0.1) is 24.0 Å². The largest absolute Gasteiger partial charge is 0.496 e. The number of aliphatic imine (C=N–C) groups is 1. The van der Waals surface area contributed by atoms with E-state index in [0.717, 1.165) is 17.7 Å². The molecular formula is C19H24IN3O3. The molecular weight excluding hydrogens is 445 g/mol. The van der Waals surface area contributed by atoms with Crippen molar-refractivity contribution in [1.29, 1.82) is 0 Å². The van der Waals surface area contributed by atoms with Gasteiger partial charge in [0.05, 0.1) is 20.8 Å². The van der Waals surface area contributed by atoms with Crippen LogP contribution in [0.3, 0.4) is 0 Å². The first-order valence-electron chi connectivity index (χ1n) is 7.98. The van der Waals surface area contributed by atoms with Gasteiger partial charge in [0.1, 0.15) is 11.3 Å². The molecule has 26 heavy (non-hydrogen) atoms. The Morgan fingerprint density at radius 1 is 1.15 bits per heavy atom. The van der Waals surface area contributed by atoms with Crippen LogP contribution in [0.15, 0.2) is 47.5 Å². The lowest BCUT2D eigenvalue weighted by molar-refractivity contribution is 0.0597. The van der Waals surface area contributed by atoms with Crippen LogP contribution in [0.25, 0.3) is 0 Å². The van der Waals surface area contributed by atoms with Crippen molar-refractivity contribution in [3.8, 4) is 5.75 Å². The van der Waals surface area contributed by atoms with Gasteiger partial charge < -0.3 is 20.5 Å². The number of halogens is 1. The Labute approximate surface area is 170 Å². The molecule has 0 aliphatic heterocycles. The molecule has 0 fully saturated rings. The maximum atomic E-state index is 11.7. The van der Waals surface area contributed by atoms with Crippen LogP contribution in [0.2, 0.25) is 0 Å². The summed E-state index contributed by atoms with van der Waals surface area (Å²) in [6.07, 6.45) is 0.957. The molecule has 0 heterocycles. The van der Waals surface area contributed by atoms with E-state index in [-0.39, 0.29) is 24.0 Å². The summed E-state index contributed by atoms with van der Waals surface area (Å²) < 4.78 is 9.97. The predicted octanol–water partition coefficient (Wildman–Crippen LogP) is 3.59. The Balaban J connectivity index is 0.00000338. The van der Waals surface area contributed by atoms with Gasteiger partial charge in [0, 0.05) is 5.69 Å². The normalized spacial score (nSPS) is 10.7. The highest BCUT2D eigenvalue weighted by Crippen LogP contribution is 2.21. The smallest absolute Gasteiger partial charge is 0.341 e. The highest BCUT2D eigenvalue weighted by atomic mass is 127. The minimum absolute atomic E-state index is 0. The topological polar surface area (TPSA) is 85.9 Å². The fourth-order valence-corrected chi connectivity index (χ4v) is 2.35. The maximum absolute atomic E-state index is 11.7. The predicted molar refractivity (Wildman–Crippen MR) is 115 cm³/mol. The first kappa shape index (κ1) is 21.8. The van der Waals surface area contributed by atoms with E-state index in [1.54, 1.807) is 18.2 Å². The standard InChI is InChI=1S/C19H23N3O3.HI/c1-4-13-6-5-7-15(10-13)22-19(20)21-12-14-8-9-16(18(23)25-3)17(11-14)24-2;/h5-11H,4,12H2,1-3H3,(H3,20,21,22);1H. The Bertz CT molecular complexity index is 778. The number of methoxy groups -OCH3 is 2. The zero-order valence-electron chi connectivity index (χ0n) is 15.1. The molecule has 140 valence electrons. The van der Waals surface area contributed by atoms with Crippen molar-refractivity contribution in [2.24, 2.45) is 10.7 Å². The number of ether oxygens (including phenoxy) is 2. The van der Waals surface area contributed by atoms with E-state index < -0.39 is 5.97 Å². The number of nitrogens with zero attached hydrogens (tertiary/aromatic N) is 1. The summed E-state index contributed by atoms with van der Waals surface area (Å²) in [5, 5.41) is 3.08. The van der Waals surface area contributed by atoms with E-state index in [2.05, 4.69) is 23.3 Å². The van der Waals surface area contributed by atoms with Crippen LogP contribution < -0.4 is 15.8 Å². The quantitative estimate of drug-likeness (QED) is 0.292. The number of hydrogen-bond acceptors (Lipinski definition) is 4. The molecule has 0 saturated heterocycles. The van der Waals surface area contributed by atoms with Crippen molar-refractivity contribution in [2.75, 3.05) is 19.5 Å². The number of carbonyl (C=O) groups excluding carboxylic acids is 1. The molecule has 2 rings (SSSR count). The molecule has 2 aromatic rings. The number of hydrogen-bond donors (Lipinski definition) is 2. The van der Waals surface area contributed by atoms with Gasteiger partial charge in [-0.25, -0.2) is 9.79 Å². The third-order valence-corrected chi connectivity index (χ3v) is 3.71. The van der Waals surface area contributed by atoms with Gasteiger partial charge in [0.25, 0.3) is 0 Å². The number of aryl methyl sites for hydroxylation is 1. The van der Waals surface area contributed by atoms with Gasteiger partial charge in [-0.05, 0) is 41.8 Å². The molecule has 6 nitrogen and oxygen atoms in total. The number of rotatable bonds is 6. The first-order chi connectivity index (χ1) is 12.1. The zero-order valence-corrected chi connectivity index (χ0v) is 17.4. The van der Waals surface area contributed by atoms with Gasteiger partial charge in [0.15, 0.2) is 5.96 Å². The summed E-state index contributed by atoms with van der Waals surface area (Å²) >= 11 is 0. The highest BCUT2D eigenvalue weighted by Gasteiger charge is 2.12. The zero-order chi connectivity index (χ0) is 18.2. The average molecular weight is 469 g/mol. The monoisotopic (exact) mass is 469 g/mol. The molecule has 0 amide bonds. The van der Waals surface area contributed by atoms with Crippen molar-refractivity contribution in [2.45, 2.75) is 19.9 Å². The molecule has 0 spiro atoms. The summed E-state index contributed by atoms with van der Waals surface area (Å²) in [6.45, 7) is 2.46. The molecule has 0 saturated carbocycles. The van der Waals surface area contributed by atoms with Crippen molar-refractivity contribution >= 4 is 41.6 Å². The fourth-order valence-electron chi connectivity index (χ4n) is 2.35. The molecule has 0 aromatic heterocycles. The summed E-state index contributed by atoms with van der Waals surface area (Å²) in [7, 11) is 2.84. The van der Waals surface area contributed by atoms with Crippen LogP contribution in [0.1, 0.15) is 28.4 Å².